The Bertz CT molecular complexity index is 690. The highest BCUT2D eigenvalue weighted by atomic mass is 16.5. The number of esters is 1. The van der Waals surface area contributed by atoms with Gasteiger partial charge in [0.2, 0.25) is 0 Å². The lowest BCUT2D eigenvalue weighted by Gasteiger charge is -2.21. The number of fused-ring (bicyclic) bond motifs is 3. The monoisotopic (exact) mass is 287 g/mol. The van der Waals surface area contributed by atoms with Crippen molar-refractivity contribution < 1.29 is 18.8 Å². The number of benzene rings is 1. The molecular weight excluding hydrogens is 270 g/mol. The number of carbonyl (C=O) groups is 1. The Balaban J connectivity index is 2.12. The van der Waals surface area contributed by atoms with Gasteiger partial charge in [-0.1, -0.05) is 18.1 Å². The molecule has 1 aromatic heterocycles. The van der Waals surface area contributed by atoms with Crippen molar-refractivity contribution in [1.29, 1.82) is 0 Å². The average molecular weight is 287 g/mol. The second-order valence-corrected chi connectivity index (χ2v) is 5.12. The molecule has 0 fully saturated rings. The fourth-order valence-electron chi connectivity index (χ4n) is 2.80. The largest absolute Gasteiger partial charge is 0.497 e. The van der Waals surface area contributed by atoms with E-state index in [0.29, 0.717) is 12.4 Å². The molecule has 0 aliphatic heterocycles. The SMILES string of the molecule is CCOC(=O)c1noc2c1C(C)Cc1ccc(OC)cc1-2. The molecule has 21 heavy (non-hydrogen) atoms. The first-order valence-corrected chi connectivity index (χ1v) is 6.99. The Labute approximate surface area is 122 Å². The van der Waals surface area contributed by atoms with E-state index >= 15 is 0 Å². The van der Waals surface area contributed by atoms with Crippen molar-refractivity contribution in [3.8, 4) is 17.1 Å². The number of hydrogen-bond donors (Lipinski definition) is 0. The quantitative estimate of drug-likeness (QED) is 0.811. The second-order valence-electron chi connectivity index (χ2n) is 5.12. The van der Waals surface area contributed by atoms with E-state index < -0.39 is 5.97 Å². The number of methoxy groups -OCH3 is 1. The molecule has 0 radical (unpaired) electrons. The van der Waals surface area contributed by atoms with Gasteiger partial charge in [0.25, 0.3) is 0 Å². The molecule has 0 saturated heterocycles. The summed E-state index contributed by atoms with van der Waals surface area (Å²) in [4.78, 5) is 12.0. The zero-order valence-electron chi connectivity index (χ0n) is 12.3. The van der Waals surface area contributed by atoms with E-state index in [-0.39, 0.29) is 11.6 Å². The van der Waals surface area contributed by atoms with Crippen LogP contribution in [-0.2, 0) is 11.2 Å². The van der Waals surface area contributed by atoms with Crippen LogP contribution in [0.3, 0.4) is 0 Å². The fourth-order valence-corrected chi connectivity index (χ4v) is 2.80. The molecule has 110 valence electrons. The molecule has 0 spiro atoms. The van der Waals surface area contributed by atoms with E-state index in [0.717, 1.165) is 23.3 Å². The van der Waals surface area contributed by atoms with Gasteiger partial charge in [0.15, 0.2) is 11.5 Å². The number of rotatable bonds is 3. The van der Waals surface area contributed by atoms with Crippen molar-refractivity contribution in [3.05, 3.63) is 35.0 Å². The van der Waals surface area contributed by atoms with Gasteiger partial charge in [-0.2, -0.15) is 0 Å². The molecule has 1 aliphatic rings. The van der Waals surface area contributed by atoms with Crippen LogP contribution in [0.25, 0.3) is 11.3 Å². The summed E-state index contributed by atoms with van der Waals surface area (Å²) in [6.07, 6.45) is 0.833. The molecule has 5 heteroatoms. The maximum absolute atomic E-state index is 12.0. The van der Waals surface area contributed by atoms with Crippen molar-refractivity contribution in [3.63, 3.8) is 0 Å². The lowest BCUT2D eigenvalue weighted by molar-refractivity contribution is 0.0513. The Morgan fingerprint density at radius 2 is 2.29 bits per heavy atom. The van der Waals surface area contributed by atoms with Crippen LogP contribution in [0, 0.1) is 0 Å². The van der Waals surface area contributed by atoms with Gasteiger partial charge in [-0.25, -0.2) is 4.79 Å². The summed E-state index contributed by atoms with van der Waals surface area (Å²) in [5, 5.41) is 3.93. The summed E-state index contributed by atoms with van der Waals surface area (Å²) in [6, 6.07) is 5.87. The van der Waals surface area contributed by atoms with E-state index in [9.17, 15) is 4.79 Å². The number of nitrogens with zero attached hydrogens (tertiary/aromatic N) is 1. The number of carbonyl (C=O) groups excluding carboxylic acids is 1. The molecule has 1 unspecified atom stereocenters. The number of ether oxygens (including phenoxy) is 2. The summed E-state index contributed by atoms with van der Waals surface area (Å²) in [5.41, 5.74) is 3.22. The van der Waals surface area contributed by atoms with E-state index in [2.05, 4.69) is 12.1 Å². The lowest BCUT2D eigenvalue weighted by atomic mass is 9.82. The van der Waals surface area contributed by atoms with Gasteiger partial charge in [0, 0.05) is 11.1 Å². The first-order chi connectivity index (χ1) is 10.2. The summed E-state index contributed by atoms with van der Waals surface area (Å²) >= 11 is 0. The van der Waals surface area contributed by atoms with Crippen molar-refractivity contribution in [1.82, 2.24) is 5.16 Å². The van der Waals surface area contributed by atoms with Crippen molar-refractivity contribution in [2.45, 2.75) is 26.2 Å². The smallest absolute Gasteiger partial charge is 0.360 e. The predicted molar refractivity (Wildman–Crippen MR) is 76.6 cm³/mol. The zero-order chi connectivity index (χ0) is 15.0. The van der Waals surface area contributed by atoms with Gasteiger partial charge >= 0.3 is 5.97 Å². The Morgan fingerprint density at radius 3 is 3.00 bits per heavy atom. The highest BCUT2D eigenvalue weighted by molar-refractivity contribution is 5.92. The van der Waals surface area contributed by atoms with Crippen molar-refractivity contribution in [2.75, 3.05) is 13.7 Å². The molecule has 5 nitrogen and oxygen atoms in total. The van der Waals surface area contributed by atoms with Crippen LogP contribution in [0.5, 0.6) is 5.75 Å². The molecule has 0 saturated carbocycles. The highest BCUT2D eigenvalue weighted by Crippen LogP contribution is 2.42. The summed E-state index contributed by atoms with van der Waals surface area (Å²) < 4.78 is 15.8. The van der Waals surface area contributed by atoms with Crippen LogP contribution in [0.2, 0.25) is 0 Å². The predicted octanol–water partition coefficient (Wildman–Crippen LogP) is 3.19. The van der Waals surface area contributed by atoms with Crippen LogP contribution in [0.1, 0.15) is 41.4 Å². The molecule has 1 heterocycles. The zero-order valence-corrected chi connectivity index (χ0v) is 12.3. The lowest BCUT2D eigenvalue weighted by Crippen LogP contribution is -2.13. The van der Waals surface area contributed by atoms with Crippen LogP contribution in [0.4, 0.5) is 0 Å². The molecule has 0 amide bonds. The first-order valence-electron chi connectivity index (χ1n) is 6.99. The van der Waals surface area contributed by atoms with Crippen LogP contribution < -0.4 is 4.74 Å². The van der Waals surface area contributed by atoms with Gasteiger partial charge in [0.1, 0.15) is 5.75 Å². The topological polar surface area (TPSA) is 61.6 Å². The third kappa shape index (κ3) is 2.18. The molecule has 1 aromatic carbocycles. The Hall–Kier alpha value is -2.30. The maximum Gasteiger partial charge on any atom is 0.360 e. The van der Waals surface area contributed by atoms with Crippen LogP contribution >= 0.6 is 0 Å². The highest BCUT2D eigenvalue weighted by Gasteiger charge is 2.32. The Morgan fingerprint density at radius 1 is 1.48 bits per heavy atom. The first kappa shape index (κ1) is 13.7. The van der Waals surface area contributed by atoms with Gasteiger partial charge < -0.3 is 14.0 Å². The molecule has 0 bridgehead atoms. The number of hydrogen-bond acceptors (Lipinski definition) is 5. The molecular formula is C16H17NO4. The summed E-state index contributed by atoms with van der Waals surface area (Å²) in [5.74, 6) is 1.13. The third-order valence-corrected chi connectivity index (χ3v) is 3.78. The third-order valence-electron chi connectivity index (χ3n) is 3.78. The molecule has 2 aromatic rings. The normalized spacial score (nSPS) is 16.0. The van der Waals surface area contributed by atoms with E-state index in [1.54, 1.807) is 14.0 Å². The summed E-state index contributed by atoms with van der Waals surface area (Å²) in [6.45, 7) is 4.15. The van der Waals surface area contributed by atoms with Gasteiger partial charge in [0.05, 0.1) is 13.7 Å². The molecule has 1 atom stereocenters. The minimum Gasteiger partial charge on any atom is -0.497 e. The van der Waals surface area contributed by atoms with E-state index in [1.165, 1.54) is 5.56 Å². The van der Waals surface area contributed by atoms with E-state index in [1.807, 2.05) is 18.2 Å². The second kappa shape index (κ2) is 5.24. The Kier molecular flexibility index (Phi) is 3.41. The molecule has 3 rings (SSSR count). The van der Waals surface area contributed by atoms with E-state index in [4.69, 9.17) is 14.0 Å². The van der Waals surface area contributed by atoms with Crippen molar-refractivity contribution in [2.24, 2.45) is 0 Å². The van der Waals surface area contributed by atoms with Gasteiger partial charge in [-0.15, -0.1) is 0 Å². The standard InChI is InChI=1S/C16H17NO4/c1-4-20-16(18)14-13-9(2)7-10-5-6-11(19-3)8-12(10)15(13)21-17-14/h5-6,8-9H,4,7H2,1-3H3. The fraction of sp³-hybridized carbons (Fsp3) is 0.375. The minimum atomic E-state index is -0.430. The van der Waals surface area contributed by atoms with Gasteiger partial charge in [-0.3, -0.25) is 0 Å². The van der Waals surface area contributed by atoms with Crippen LogP contribution in [-0.4, -0.2) is 24.8 Å². The van der Waals surface area contributed by atoms with Crippen LogP contribution in [0.15, 0.2) is 22.7 Å². The average Bonchev–Trinajstić information content (AvgIpc) is 2.93. The molecule has 1 aliphatic carbocycles. The van der Waals surface area contributed by atoms with Gasteiger partial charge in [-0.05, 0) is 37.0 Å². The minimum absolute atomic E-state index is 0.159. The maximum atomic E-state index is 12.0. The number of aromatic nitrogens is 1. The summed E-state index contributed by atoms with van der Waals surface area (Å²) in [7, 11) is 1.62. The molecule has 0 N–H and O–H groups in total. The van der Waals surface area contributed by atoms with Crippen molar-refractivity contribution >= 4 is 5.97 Å².